The Morgan fingerprint density at radius 1 is 1.03 bits per heavy atom. The number of aromatic nitrogens is 5. The number of primary sulfonamides is 1. The first kappa shape index (κ1) is 21.6. The highest BCUT2D eigenvalue weighted by Gasteiger charge is 2.17. The van der Waals surface area contributed by atoms with Gasteiger partial charge in [-0.1, -0.05) is 18.2 Å². The van der Waals surface area contributed by atoms with E-state index in [1.54, 1.807) is 29.0 Å². The summed E-state index contributed by atoms with van der Waals surface area (Å²) in [6.07, 6.45) is 6.08. The van der Waals surface area contributed by atoms with Crippen LogP contribution in [0.3, 0.4) is 0 Å². The smallest absolute Gasteiger partial charge is 0.239 e. The van der Waals surface area contributed by atoms with Crippen molar-refractivity contribution in [3.8, 4) is 22.5 Å². The van der Waals surface area contributed by atoms with E-state index in [0.717, 1.165) is 16.8 Å². The topological polar surface area (TPSA) is 128 Å². The van der Waals surface area contributed by atoms with Crippen molar-refractivity contribution in [1.82, 2.24) is 24.6 Å². The maximum Gasteiger partial charge on any atom is 0.239 e. The Labute approximate surface area is 194 Å². The maximum atomic E-state index is 13.5. The summed E-state index contributed by atoms with van der Waals surface area (Å²) in [5, 5.41) is 13.1. The summed E-state index contributed by atoms with van der Waals surface area (Å²) in [6.45, 7) is 0.385. The summed E-state index contributed by atoms with van der Waals surface area (Å²) >= 11 is 0. The van der Waals surface area contributed by atoms with E-state index in [4.69, 9.17) is 5.14 Å². The summed E-state index contributed by atoms with van der Waals surface area (Å²) in [5.74, 6) is 0.401. The van der Waals surface area contributed by atoms with Gasteiger partial charge in [0.15, 0.2) is 11.6 Å². The average Bonchev–Trinajstić information content (AvgIpc) is 3.27. The van der Waals surface area contributed by atoms with Crippen molar-refractivity contribution in [2.75, 3.05) is 5.32 Å². The molecule has 4 heterocycles. The molecule has 5 aromatic rings. The van der Waals surface area contributed by atoms with E-state index < -0.39 is 10.0 Å². The number of nitrogens with zero attached hydrogens (tertiary/aromatic N) is 5. The number of nitrogens with one attached hydrogen (secondary N) is 1. The summed E-state index contributed by atoms with van der Waals surface area (Å²) in [7, 11) is -3.95. The van der Waals surface area contributed by atoms with Crippen LogP contribution >= 0.6 is 0 Å². The molecule has 34 heavy (non-hydrogen) atoms. The highest BCUT2D eigenvalue weighted by Crippen LogP contribution is 2.31. The summed E-state index contributed by atoms with van der Waals surface area (Å²) < 4.78 is 38.7. The zero-order valence-corrected chi connectivity index (χ0v) is 18.4. The first-order chi connectivity index (χ1) is 16.4. The molecule has 0 bridgehead atoms. The minimum absolute atomic E-state index is 0.142. The third-order valence-electron chi connectivity index (χ3n) is 5.13. The second-order valence-electron chi connectivity index (χ2n) is 7.44. The normalized spacial score (nSPS) is 11.6. The molecule has 0 aliphatic heterocycles. The van der Waals surface area contributed by atoms with Gasteiger partial charge < -0.3 is 5.32 Å². The molecular weight excluding hydrogens is 457 g/mol. The molecular formula is C23H18FN7O2S. The van der Waals surface area contributed by atoms with Gasteiger partial charge in [0.1, 0.15) is 16.2 Å². The van der Waals surface area contributed by atoms with Gasteiger partial charge in [-0.15, -0.1) is 5.10 Å². The number of benzene rings is 1. The van der Waals surface area contributed by atoms with Gasteiger partial charge in [-0.2, -0.15) is 0 Å². The van der Waals surface area contributed by atoms with Crippen molar-refractivity contribution >= 4 is 21.4 Å². The summed E-state index contributed by atoms with van der Waals surface area (Å²) in [5.41, 5.74) is 3.44. The fourth-order valence-corrected chi connectivity index (χ4v) is 4.01. The van der Waals surface area contributed by atoms with E-state index in [1.165, 1.54) is 30.6 Å². The van der Waals surface area contributed by atoms with Gasteiger partial charge in [-0.3, -0.25) is 9.97 Å². The van der Waals surface area contributed by atoms with Crippen LogP contribution in [0, 0.1) is 5.82 Å². The predicted octanol–water partition coefficient (Wildman–Crippen LogP) is 3.25. The minimum Gasteiger partial charge on any atom is -0.363 e. The molecule has 0 aliphatic rings. The molecule has 11 heteroatoms. The number of hydrogen-bond acceptors (Lipinski definition) is 7. The summed E-state index contributed by atoms with van der Waals surface area (Å²) in [4.78, 5) is 12.8. The number of rotatable bonds is 6. The van der Waals surface area contributed by atoms with E-state index in [2.05, 4.69) is 25.4 Å². The van der Waals surface area contributed by atoms with Crippen LogP contribution in [0.4, 0.5) is 10.2 Å². The molecule has 9 nitrogen and oxygen atoms in total. The molecule has 0 saturated carbocycles. The zero-order chi connectivity index (χ0) is 23.7. The van der Waals surface area contributed by atoms with Crippen molar-refractivity contribution in [2.24, 2.45) is 5.14 Å². The highest BCUT2D eigenvalue weighted by atomic mass is 32.2. The molecule has 0 amide bonds. The Kier molecular flexibility index (Phi) is 5.48. The maximum absolute atomic E-state index is 13.5. The Balaban J connectivity index is 1.65. The number of hydrogen-bond donors (Lipinski definition) is 2. The lowest BCUT2D eigenvalue weighted by atomic mass is 10.1. The summed E-state index contributed by atoms with van der Waals surface area (Å²) in [6, 6.07) is 15.0. The quantitative estimate of drug-likeness (QED) is 0.386. The number of sulfonamides is 1. The lowest BCUT2D eigenvalue weighted by Crippen LogP contribution is -2.13. The van der Waals surface area contributed by atoms with Crippen LogP contribution in [-0.4, -0.2) is 33.0 Å². The fraction of sp³-hybridized carbons (Fsp3) is 0.0435. The van der Waals surface area contributed by atoms with Gasteiger partial charge in [0.25, 0.3) is 0 Å². The largest absolute Gasteiger partial charge is 0.363 e. The molecule has 4 aromatic heterocycles. The van der Waals surface area contributed by atoms with Gasteiger partial charge in [0.05, 0.1) is 12.2 Å². The molecule has 0 saturated heterocycles. The Bertz CT molecular complexity index is 1590. The Morgan fingerprint density at radius 2 is 1.85 bits per heavy atom. The van der Waals surface area contributed by atoms with Crippen molar-refractivity contribution in [3.05, 3.63) is 90.9 Å². The van der Waals surface area contributed by atoms with E-state index in [-0.39, 0.29) is 16.5 Å². The molecule has 3 N–H and O–H groups in total. The van der Waals surface area contributed by atoms with E-state index in [0.29, 0.717) is 23.4 Å². The third-order valence-corrected chi connectivity index (χ3v) is 6.01. The lowest BCUT2D eigenvalue weighted by molar-refractivity contribution is 0.597. The van der Waals surface area contributed by atoms with Crippen LogP contribution in [-0.2, 0) is 16.6 Å². The molecule has 0 radical (unpaired) electrons. The third kappa shape index (κ3) is 4.34. The lowest BCUT2D eigenvalue weighted by Gasteiger charge is -2.12. The average molecular weight is 476 g/mol. The Hall–Kier alpha value is -4.22. The first-order valence-corrected chi connectivity index (χ1v) is 11.7. The van der Waals surface area contributed by atoms with Gasteiger partial charge >= 0.3 is 0 Å². The van der Waals surface area contributed by atoms with Crippen LogP contribution < -0.4 is 10.5 Å². The number of anilines is 1. The van der Waals surface area contributed by atoms with E-state index >= 15 is 0 Å². The number of fused-ring (bicyclic) bond motifs is 1. The van der Waals surface area contributed by atoms with Crippen LogP contribution in [0.5, 0.6) is 0 Å². The molecule has 5 rings (SSSR count). The minimum atomic E-state index is -3.95. The molecule has 0 fully saturated rings. The molecule has 0 spiro atoms. The van der Waals surface area contributed by atoms with Gasteiger partial charge in [-0.25, -0.2) is 27.4 Å². The highest BCUT2D eigenvalue weighted by molar-refractivity contribution is 7.89. The Morgan fingerprint density at radius 3 is 2.59 bits per heavy atom. The van der Waals surface area contributed by atoms with Crippen LogP contribution in [0.1, 0.15) is 5.69 Å². The monoisotopic (exact) mass is 475 g/mol. The van der Waals surface area contributed by atoms with Crippen molar-refractivity contribution < 1.29 is 12.8 Å². The zero-order valence-electron chi connectivity index (χ0n) is 17.6. The second kappa shape index (κ2) is 8.61. The van der Waals surface area contributed by atoms with Crippen molar-refractivity contribution in [1.29, 1.82) is 0 Å². The SMILES string of the molecule is NS(=O)(=O)c1cncc(-c2nc(NCc3ccccn3)c3c(-c4ccc(F)cc4)ccn3n2)c1. The van der Waals surface area contributed by atoms with E-state index in [1.807, 2.05) is 24.3 Å². The van der Waals surface area contributed by atoms with Crippen LogP contribution in [0.15, 0.2) is 84.3 Å². The van der Waals surface area contributed by atoms with Crippen molar-refractivity contribution in [2.45, 2.75) is 11.4 Å². The first-order valence-electron chi connectivity index (χ1n) is 10.2. The molecule has 1 aromatic carbocycles. The molecule has 0 atom stereocenters. The molecule has 0 aliphatic carbocycles. The number of pyridine rings is 2. The number of halogens is 1. The second-order valence-corrected chi connectivity index (χ2v) is 9.00. The fourth-order valence-electron chi connectivity index (χ4n) is 3.51. The standard InChI is InChI=1S/C23H18FN7O2S/c24-17-6-4-15(5-7-17)20-8-10-31-21(20)23(28-13-18-3-1-2-9-27-18)29-22(30-31)16-11-19(14-26-12-16)34(25,32)33/h1-12,14H,13H2,(H2,25,32,33)(H,28,29,30). The van der Waals surface area contributed by atoms with Gasteiger partial charge in [0, 0.05) is 35.9 Å². The predicted molar refractivity (Wildman–Crippen MR) is 125 cm³/mol. The van der Waals surface area contributed by atoms with Crippen molar-refractivity contribution in [3.63, 3.8) is 0 Å². The van der Waals surface area contributed by atoms with Crippen LogP contribution in [0.25, 0.3) is 28.0 Å². The van der Waals surface area contributed by atoms with E-state index in [9.17, 15) is 12.8 Å². The van der Waals surface area contributed by atoms with Crippen LogP contribution in [0.2, 0.25) is 0 Å². The van der Waals surface area contributed by atoms with Gasteiger partial charge in [0.2, 0.25) is 10.0 Å². The molecule has 170 valence electrons. The molecule has 0 unspecified atom stereocenters. The van der Waals surface area contributed by atoms with Gasteiger partial charge in [-0.05, 0) is 42.0 Å². The number of nitrogens with two attached hydrogens (primary N) is 1.